The van der Waals surface area contributed by atoms with E-state index in [4.69, 9.17) is 53.5 Å². The number of nitrogens with two attached hydrogens (primary N) is 2. The molecule has 0 aromatic heterocycles. The van der Waals surface area contributed by atoms with E-state index < -0.39 is 16.5 Å². The first-order valence-corrected chi connectivity index (χ1v) is 12.2. The summed E-state index contributed by atoms with van der Waals surface area (Å²) in [6, 6.07) is 14.2. The quantitative estimate of drug-likeness (QED) is 0.565. The first-order chi connectivity index (χ1) is 9.99. The minimum absolute atomic E-state index is 0.317. The average Bonchev–Trinajstić information content (AvgIpc) is 2.46. The molecule has 2 nitrogen and oxygen atoms in total. The molecule has 2 atom stereocenters. The van der Waals surface area contributed by atoms with E-state index in [1.165, 1.54) is 0 Å². The van der Waals surface area contributed by atoms with Crippen molar-refractivity contribution in [3.05, 3.63) is 69.7 Å². The first-order valence-electron chi connectivity index (χ1n) is 5.84. The molecule has 0 amide bonds. The predicted octanol–water partition coefficient (Wildman–Crippen LogP) is 5.07. The van der Waals surface area contributed by atoms with E-state index in [9.17, 15) is 0 Å². The fourth-order valence-corrected chi connectivity index (χ4v) is 2.24. The van der Waals surface area contributed by atoms with Crippen LogP contribution in [0.15, 0.2) is 48.5 Å². The monoisotopic (exact) mass is 545 g/mol. The van der Waals surface area contributed by atoms with Crippen LogP contribution in [0.25, 0.3) is 0 Å². The van der Waals surface area contributed by atoms with Crippen LogP contribution in [0.3, 0.4) is 0 Å². The first kappa shape index (κ1) is 19.3. The molecule has 2 rings (SSSR count). The Labute approximate surface area is 151 Å². The average molecular weight is 547 g/mol. The molecule has 2 aromatic rings. The van der Waals surface area contributed by atoms with Crippen molar-refractivity contribution in [3.63, 3.8) is 0 Å². The third kappa shape index (κ3) is 6.46. The molecule has 0 saturated heterocycles. The molecule has 0 unspecified atom stereocenters. The Morgan fingerprint density at radius 3 is 1.38 bits per heavy atom. The topological polar surface area (TPSA) is 52.0 Å². The number of halogens is 4. The minimum atomic E-state index is -0.472. The zero-order valence-corrected chi connectivity index (χ0v) is 16.1. The summed E-state index contributed by atoms with van der Waals surface area (Å²) in [7, 11) is 9.75. The van der Waals surface area contributed by atoms with Gasteiger partial charge in [0.15, 0.2) is 0 Å². The van der Waals surface area contributed by atoms with Crippen LogP contribution in [0.1, 0.15) is 23.2 Å². The maximum atomic E-state index is 6.16. The third-order valence-electron chi connectivity index (χ3n) is 2.85. The van der Waals surface area contributed by atoms with E-state index in [1.807, 2.05) is 48.5 Å². The Kier molecular flexibility index (Phi) is 9.24. The molecule has 2 aromatic carbocycles. The number of hydrogen-bond acceptors (Lipinski definition) is 2. The van der Waals surface area contributed by atoms with Gasteiger partial charge in [0.1, 0.15) is 0 Å². The SMILES string of the molecule is N[C@H](c1cccc(Cl)c1)[C@@H](N)c1cccc(Cl)c1.[Cl][Pt][Cl]. The van der Waals surface area contributed by atoms with Gasteiger partial charge in [-0.15, -0.1) is 0 Å². The van der Waals surface area contributed by atoms with E-state index in [0.29, 0.717) is 10.0 Å². The van der Waals surface area contributed by atoms with Crippen molar-refractivity contribution >= 4 is 42.0 Å². The van der Waals surface area contributed by atoms with Crippen LogP contribution in [0.2, 0.25) is 10.0 Å². The number of hydrogen-bond donors (Lipinski definition) is 2. The summed E-state index contributed by atoms with van der Waals surface area (Å²) in [6.07, 6.45) is 0. The van der Waals surface area contributed by atoms with E-state index in [2.05, 4.69) is 0 Å². The van der Waals surface area contributed by atoms with Crippen LogP contribution in [0, 0.1) is 0 Å². The van der Waals surface area contributed by atoms with Crippen molar-refractivity contribution in [3.8, 4) is 0 Å². The third-order valence-corrected chi connectivity index (χ3v) is 3.32. The van der Waals surface area contributed by atoms with Crippen molar-refractivity contribution < 1.29 is 16.5 Å². The van der Waals surface area contributed by atoms with Crippen LogP contribution in [0.5, 0.6) is 0 Å². The van der Waals surface area contributed by atoms with Crippen LogP contribution in [-0.2, 0) is 16.5 Å². The van der Waals surface area contributed by atoms with Crippen LogP contribution in [-0.4, -0.2) is 0 Å². The van der Waals surface area contributed by atoms with Gasteiger partial charge in [0, 0.05) is 22.1 Å². The van der Waals surface area contributed by atoms with Crippen LogP contribution >= 0.6 is 42.0 Å². The summed E-state index contributed by atoms with van der Waals surface area (Å²) >= 11 is 11.4. The molecule has 0 radical (unpaired) electrons. The van der Waals surface area contributed by atoms with E-state index in [1.54, 1.807) is 0 Å². The van der Waals surface area contributed by atoms with Gasteiger partial charge in [0.2, 0.25) is 0 Å². The second-order valence-corrected chi connectivity index (χ2v) is 8.36. The Morgan fingerprint density at radius 1 is 0.762 bits per heavy atom. The van der Waals surface area contributed by atoms with E-state index >= 15 is 0 Å². The summed E-state index contributed by atoms with van der Waals surface area (Å²) in [5, 5.41) is 1.31. The zero-order valence-electron chi connectivity index (χ0n) is 10.8. The molecule has 0 spiro atoms. The number of benzene rings is 2. The second-order valence-electron chi connectivity index (χ2n) is 4.21. The molecule has 7 heteroatoms. The molecule has 0 aliphatic heterocycles. The summed E-state index contributed by atoms with van der Waals surface area (Å²) in [6.45, 7) is 0. The second kappa shape index (κ2) is 10.1. The Bertz CT molecular complexity index is 519. The predicted molar refractivity (Wildman–Crippen MR) is 88.5 cm³/mol. The van der Waals surface area contributed by atoms with Gasteiger partial charge in [-0.25, -0.2) is 0 Å². The molecule has 4 N–H and O–H groups in total. The Hall–Kier alpha value is 0.208. The molecule has 0 bridgehead atoms. The summed E-state index contributed by atoms with van der Waals surface area (Å²) in [5.74, 6) is 0. The zero-order chi connectivity index (χ0) is 15.8. The van der Waals surface area contributed by atoms with Gasteiger partial charge < -0.3 is 11.5 Å². The molecule has 0 heterocycles. The van der Waals surface area contributed by atoms with Crippen LogP contribution < -0.4 is 11.5 Å². The van der Waals surface area contributed by atoms with Crippen molar-refractivity contribution in [2.75, 3.05) is 0 Å². The van der Waals surface area contributed by atoms with Crippen molar-refractivity contribution in [2.45, 2.75) is 12.1 Å². The van der Waals surface area contributed by atoms with Crippen LogP contribution in [0.4, 0.5) is 0 Å². The van der Waals surface area contributed by atoms with E-state index in [0.717, 1.165) is 11.1 Å². The molecular formula is C14H14Cl4N2Pt. The molecular weight excluding hydrogens is 533 g/mol. The summed E-state index contributed by atoms with van der Waals surface area (Å²) in [5.41, 5.74) is 14.1. The molecule has 118 valence electrons. The van der Waals surface area contributed by atoms with Crippen molar-refractivity contribution in [1.29, 1.82) is 0 Å². The van der Waals surface area contributed by atoms with Gasteiger partial charge in [-0.2, -0.15) is 0 Å². The molecule has 21 heavy (non-hydrogen) atoms. The van der Waals surface area contributed by atoms with E-state index in [-0.39, 0.29) is 12.1 Å². The normalized spacial score (nSPS) is 13.2. The van der Waals surface area contributed by atoms with Gasteiger partial charge >= 0.3 is 35.3 Å². The molecule has 0 aliphatic carbocycles. The summed E-state index contributed by atoms with van der Waals surface area (Å²) < 4.78 is 0. The molecule has 0 fully saturated rings. The van der Waals surface area contributed by atoms with Gasteiger partial charge in [0.25, 0.3) is 0 Å². The Balaban J connectivity index is 0.000000677. The van der Waals surface area contributed by atoms with Gasteiger partial charge in [-0.05, 0) is 35.4 Å². The van der Waals surface area contributed by atoms with Crippen molar-refractivity contribution in [1.82, 2.24) is 0 Å². The molecule has 0 saturated carbocycles. The molecule has 0 aliphatic rings. The maximum absolute atomic E-state index is 6.16. The standard InChI is InChI=1S/C14H14Cl2N2.2ClH.Pt/c15-11-5-1-3-9(7-11)13(17)14(18)10-4-2-6-12(16)8-10;;;/h1-8,13-14H,17-18H2;2*1H;/q;;;+2/p-2/t13-,14+;;;. The van der Waals surface area contributed by atoms with Gasteiger partial charge in [-0.1, -0.05) is 47.5 Å². The van der Waals surface area contributed by atoms with Crippen molar-refractivity contribution in [2.24, 2.45) is 11.5 Å². The Morgan fingerprint density at radius 2 is 1.10 bits per heavy atom. The fourth-order valence-electron chi connectivity index (χ4n) is 1.84. The fraction of sp³-hybridized carbons (Fsp3) is 0.143. The van der Waals surface area contributed by atoms with Gasteiger partial charge in [0.05, 0.1) is 0 Å². The number of rotatable bonds is 3. The summed E-state index contributed by atoms with van der Waals surface area (Å²) in [4.78, 5) is 0. The van der Waals surface area contributed by atoms with Gasteiger partial charge in [-0.3, -0.25) is 0 Å².